The normalized spacial score (nSPS) is 10.4. The molecular formula is C54H48P3Ru+3. The monoisotopic (exact) mass is 891 g/mol. The first-order valence-corrected chi connectivity index (χ1v) is 23.9. The first-order chi connectivity index (χ1) is 28.3. The molecule has 0 aliphatic carbocycles. The van der Waals surface area contributed by atoms with Crippen LogP contribution in [0.2, 0.25) is 0 Å². The van der Waals surface area contributed by atoms with Gasteiger partial charge in [-0.05, 0) is 109 Å². The summed E-state index contributed by atoms with van der Waals surface area (Å²) in [7, 11) is -2.63. The molecule has 0 fully saturated rings. The predicted molar refractivity (Wildman–Crippen MR) is 260 cm³/mol. The SMILES string of the molecule is [Ru].c1ccc([PH+](c2ccccc2)c2ccccc2)cc1.c1ccc([PH+](c2ccccc2)c2ccccc2)cc1.c1ccc([PH+](c2ccccc2)c2ccccc2)cc1. The molecule has 0 radical (unpaired) electrons. The molecule has 0 heterocycles. The van der Waals surface area contributed by atoms with E-state index in [2.05, 4.69) is 273 Å². The van der Waals surface area contributed by atoms with Crippen LogP contribution in [0.5, 0.6) is 0 Å². The van der Waals surface area contributed by atoms with Gasteiger partial charge in [0.2, 0.25) is 0 Å². The van der Waals surface area contributed by atoms with Gasteiger partial charge >= 0.3 is 0 Å². The van der Waals surface area contributed by atoms with Crippen LogP contribution in [-0.4, -0.2) is 0 Å². The van der Waals surface area contributed by atoms with Crippen molar-refractivity contribution in [2.75, 3.05) is 0 Å². The molecule has 9 aromatic carbocycles. The van der Waals surface area contributed by atoms with Crippen molar-refractivity contribution in [1.29, 1.82) is 0 Å². The zero-order chi connectivity index (χ0) is 38.7. The topological polar surface area (TPSA) is 0 Å². The van der Waals surface area contributed by atoms with Gasteiger partial charge in [0.15, 0.2) is 0 Å². The fourth-order valence-electron chi connectivity index (χ4n) is 6.94. The summed E-state index contributed by atoms with van der Waals surface area (Å²) in [5, 5.41) is 12.9. The Balaban J connectivity index is 0.000000145. The average Bonchev–Trinajstić information content (AvgIpc) is 3.30. The van der Waals surface area contributed by atoms with E-state index in [-0.39, 0.29) is 19.5 Å². The molecule has 0 aliphatic heterocycles. The zero-order valence-electron chi connectivity index (χ0n) is 32.3. The van der Waals surface area contributed by atoms with E-state index in [4.69, 9.17) is 0 Å². The summed E-state index contributed by atoms with van der Waals surface area (Å²) in [4.78, 5) is 0. The Morgan fingerprint density at radius 2 is 0.224 bits per heavy atom. The second-order valence-electron chi connectivity index (χ2n) is 13.4. The van der Waals surface area contributed by atoms with Crippen LogP contribution in [0.15, 0.2) is 273 Å². The third-order valence-electron chi connectivity index (χ3n) is 9.56. The summed E-state index contributed by atoms with van der Waals surface area (Å²) in [6.07, 6.45) is 0. The summed E-state index contributed by atoms with van der Waals surface area (Å²) in [6, 6.07) is 97.5. The van der Waals surface area contributed by atoms with E-state index in [0.717, 1.165) is 0 Å². The average molecular weight is 891 g/mol. The van der Waals surface area contributed by atoms with Gasteiger partial charge in [-0.1, -0.05) is 164 Å². The fraction of sp³-hybridized carbons (Fsp3) is 0. The second-order valence-corrected chi connectivity index (χ2v) is 20.9. The number of hydrogen-bond acceptors (Lipinski definition) is 0. The maximum atomic E-state index is 2.24. The Kier molecular flexibility index (Phi) is 17.1. The summed E-state index contributed by atoms with van der Waals surface area (Å²) in [5.74, 6) is 0. The van der Waals surface area contributed by atoms with Gasteiger partial charge in [-0.25, -0.2) is 0 Å². The molecule has 0 aromatic heterocycles. The Labute approximate surface area is 361 Å². The van der Waals surface area contributed by atoms with Crippen LogP contribution in [0.4, 0.5) is 0 Å². The molecule has 9 rings (SSSR count). The van der Waals surface area contributed by atoms with Gasteiger partial charge in [0, 0.05) is 19.5 Å². The Morgan fingerprint density at radius 1 is 0.138 bits per heavy atom. The van der Waals surface area contributed by atoms with E-state index < -0.39 is 23.8 Å². The molecule has 0 spiro atoms. The maximum absolute atomic E-state index is 2.24. The van der Waals surface area contributed by atoms with Crippen molar-refractivity contribution in [1.82, 2.24) is 0 Å². The quantitative estimate of drug-likeness (QED) is 0.100. The van der Waals surface area contributed by atoms with Gasteiger partial charge in [0.05, 0.1) is 23.8 Å². The van der Waals surface area contributed by atoms with E-state index in [0.29, 0.717) is 0 Å². The van der Waals surface area contributed by atoms with E-state index in [1.54, 1.807) is 0 Å². The van der Waals surface area contributed by atoms with Crippen molar-refractivity contribution in [3.05, 3.63) is 273 Å². The minimum Gasteiger partial charge on any atom is -0.0620 e. The molecule has 0 aliphatic rings. The van der Waals surface area contributed by atoms with Gasteiger partial charge in [0.1, 0.15) is 47.7 Å². The van der Waals surface area contributed by atoms with Crippen molar-refractivity contribution in [3.8, 4) is 0 Å². The molecule has 0 saturated carbocycles. The molecule has 0 nitrogen and oxygen atoms in total. The third-order valence-corrected chi connectivity index (χ3v) is 17.8. The Hall–Kier alpha value is -5.11. The van der Waals surface area contributed by atoms with Crippen LogP contribution in [0.1, 0.15) is 0 Å². The Morgan fingerprint density at radius 3 is 0.310 bits per heavy atom. The Bertz CT molecular complexity index is 1860. The molecule has 4 heteroatoms. The van der Waals surface area contributed by atoms with Crippen LogP contribution in [0.3, 0.4) is 0 Å². The first kappa shape index (κ1) is 42.5. The summed E-state index contributed by atoms with van der Waals surface area (Å²) in [6.45, 7) is 0. The molecule has 58 heavy (non-hydrogen) atoms. The van der Waals surface area contributed by atoms with Crippen LogP contribution in [0, 0.1) is 0 Å². The predicted octanol–water partition coefficient (Wildman–Crippen LogP) is 9.53. The second kappa shape index (κ2) is 23.3. The largest absolute Gasteiger partial charge is 0.102 e. The van der Waals surface area contributed by atoms with E-state index in [1.807, 2.05) is 0 Å². The number of hydrogen-bond donors (Lipinski definition) is 0. The molecule has 0 atom stereocenters. The molecule has 0 amide bonds. The summed E-state index contributed by atoms with van der Waals surface area (Å²) < 4.78 is 0. The van der Waals surface area contributed by atoms with Crippen molar-refractivity contribution < 1.29 is 19.5 Å². The molecule has 0 N–H and O–H groups in total. The fourth-order valence-corrected chi connectivity index (χ4v) is 14.7. The van der Waals surface area contributed by atoms with Gasteiger partial charge < -0.3 is 0 Å². The molecule has 0 unspecified atom stereocenters. The number of benzene rings is 9. The van der Waals surface area contributed by atoms with Crippen molar-refractivity contribution >= 4 is 71.5 Å². The molecular weight excluding hydrogens is 843 g/mol. The number of rotatable bonds is 9. The maximum Gasteiger partial charge on any atom is 0.102 e. The first-order valence-electron chi connectivity index (χ1n) is 19.4. The zero-order valence-corrected chi connectivity index (χ0v) is 37.1. The van der Waals surface area contributed by atoms with Crippen LogP contribution < -0.4 is 47.7 Å². The van der Waals surface area contributed by atoms with Gasteiger partial charge in [-0.2, -0.15) is 0 Å². The smallest absolute Gasteiger partial charge is 0.0620 e. The third kappa shape index (κ3) is 12.0. The van der Waals surface area contributed by atoms with Crippen molar-refractivity contribution in [2.45, 2.75) is 0 Å². The van der Waals surface area contributed by atoms with Crippen LogP contribution in [-0.2, 0) is 19.5 Å². The minimum absolute atomic E-state index is 0. The van der Waals surface area contributed by atoms with Crippen molar-refractivity contribution in [3.63, 3.8) is 0 Å². The standard InChI is InChI=1S/3C18H15P.Ru/c3*1-4-10-16(11-5-1)19(17-12-6-2-7-13-17)18-14-8-3-9-15-18;/h3*1-15H;/p+3. The molecule has 9 aromatic rings. The van der Waals surface area contributed by atoms with Gasteiger partial charge in [-0.3, -0.25) is 0 Å². The van der Waals surface area contributed by atoms with E-state index >= 15 is 0 Å². The van der Waals surface area contributed by atoms with Crippen LogP contribution in [0.25, 0.3) is 0 Å². The minimum atomic E-state index is -0.877. The molecule has 0 bridgehead atoms. The summed E-state index contributed by atoms with van der Waals surface area (Å²) in [5.41, 5.74) is 0. The van der Waals surface area contributed by atoms with Gasteiger partial charge in [-0.15, -0.1) is 0 Å². The van der Waals surface area contributed by atoms with Gasteiger partial charge in [0.25, 0.3) is 0 Å². The van der Waals surface area contributed by atoms with Crippen LogP contribution >= 0.6 is 23.8 Å². The molecule has 0 saturated heterocycles. The van der Waals surface area contributed by atoms with E-state index in [9.17, 15) is 0 Å². The van der Waals surface area contributed by atoms with E-state index in [1.165, 1.54) is 47.7 Å². The molecule has 284 valence electrons. The summed E-state index contributed by atoms with van der Waals surface area (Å²) >= 11 is 0. The van der Waals surface area contributed by atoms with Crippen molar-refractivity contribution in [2.24, 2.45) is 0 Å².